The number of hydrogen-bond acceptors (Lipinski definition) is 2. The van der Waals surface area contributed by atoms with Gasteiger partial charge in [0.2, 0.25) is 11.8 Å². The molecule has 2 unspecified atom stereocenters. The minimum atomic E-state index is -4.36. The monoisotopic (exact) mass is 376 g/mol. The van der Waals surface area contributed by atoms with Gasteiger partial charge >= 0.3 is 6.18 Å². The Labute approximate surface area is 154 Å². The molecule has 0 saturated heterocycles. The van der Waals surface area contributed by atoms with Crippen LogP contribution in [-0.2, 0) is 22.2 Å². The lowest BCUT2D eigenvalue weighted by atomic mass is 10.1. The summed E-state index contributed by atoms with van der Waals surface area (Å²) in [6, 6.07) is 12.0. The van der Waals surface area contributed by atoms with E-state index in [1.807, 2.05) is 0 Å². The number of benzene rings is 2. The largest absolute Gasteiger partial charge is 0.416 e. The van der Waals surface area contributed by atoms with Crippen molar-refractivity contribution in [1.29, 1.82) is 0 Å². The van der Waals surface area contributed by atoms with Gasteiger partial charge in [0.1, 0.15) is 0 Å². The van der Waals surface area contributed by atoms with Crippen molar-refractivity contribution in [2.45, 2.75) is 24.9 Å². The standard InChI is InChI=1S/C20H19F3N2O2/c1-24-18(26)10-12-2-8-15(9-3-12)25-19(27)17-11-16(17)13-4-6-14(7-5-13)20(21,22)23/h2-9,16-17H,10-11H2,1H3,(H,24,26)(H,25,27). The number of rotatable bonds is 5. The van der Waals surface area contributed by atoms with Crippen molar-refractivity contribution >= 4 is 17.5 Å². The van der Waals surface area contributed by atoms with Gasteiger partial charge in [-0.15, -0.1) is 0 Å². The first kappa shape index (κ1) is 18.9. The number of nitrogens with one attached hydrogen (secondary N) is 2. The summed E-state index contributed by atoms with van der Waals surface area (Å²) in [5.41, 5.74) is 1.51. The molecule has 0 radical (unpaired) electrons. The molecule has 0 heterocycles. The molecule has 0 aromatic heterocycles. The number of carbonyl (C=O) groups excluding carboxylic acids is 2. The number of halogens is 3. The molecule has 142 valence electrons. The minimum Gasteiger partial charge on any atom is -0.359 e. The van der Waals surface area contributed by atoms with Gasteiger partial charge in [0, 0.05) is 18.7 Å². The number of alkyl halides is 3. The van der Waals surface area contributed by atoms with Gasteiger partial charge in [-0.2, -0.15) is 13.2 Å². The van der Waals surface area contributed by atoms with Crippen LogP contribution in [0, 0.1) is 5.92 Å². The van der Waals surface area contributed by atoms with Crippen LogP contribution < -0.4 is 10.6 Å². The maximum Gasteiger partial charge on any atom is 0.416 e. The highest BCUT2D eigenvalue weighted by atomic mass is 19.4. The zero-order chi connectivity index (χ0) is 19.6. The van der Waals surface area contributed by atoms with Gasteiger partial charge in [-0.1, -0.05) is 24.3 Å². The Morgan fingerprint density at radius 2 is 1.67 bits per heavy atom. The van der Waals surface area contributed by atoms with E-state index < -0.39 is 11.7 Å². The fourth-order valence-electron chi connectivity index (χ4n) is 2.99. The predicted molar refractivity (Wildman–Crippen MR) is 95.1 cm³/mol. The molecular weight excluding hydrogens is 357 g/mol. The van der Waals surface area contributed by atoms with Gasteiger partial charge in [-0.3, -0.25) is 9.59 Å². The van der Waals surface area contributed by atoms with Gasteiger partial charge in [-0.25, -0.2) is 0 Å². The average Bonchev–Trinajstić information content (AvgIpc) is 3.43. The Morgan fingerprint density at radius 3 is 2.22 bits per heavy atom. The molecule has 2 aromatic rings. The van der Waals surface area contributed by atoms with Crippen LogP contribution in [-0.4, -0.2) is 18.9 Å². The smallest absolute Gasteiger partial charge is 0.359 e. The summed E-state index contributed by atoms with van der Waals surface area (Å²) in [5, 5.41) is 5.36. The Morgan fingerprint density at radius 1 is 1.04 bits per heavy atom. The van der Waals surface area contributed by atoms with Crippen molar-refractivity contribution in [2.24, 2.45) is 5.92 Å². The first-order valence-corrected chi connectivity index (χ1v) is 8.55. The van der Waals surface area contributed by atoms with Crippen LogP contribution in [0.1, 0.15) is 29.0 Å². The van der Waals surface area contributed by atoms with Crippen molar-refractivity contribution in [1.82, 2.24) is 5.32 Å². The Hall–Kier alpha value is -2.83. The molecule has 2 atom stereocenters. The predicted octanol–water partition coefficient (Wildman–Crippen LogP) is 3.74. The summed E-state index contributed by atoms with van der Waals surface area (Å²) in [6.45, 7) is 0. The van der Waals surface area contributed by atoms with Gasteiger partial charge in [0.25, 0.3) is 0 Å². The van der Waals surface area contributed by atoms with Gasteiger partial charge in [0.05, 0.1) is 12.0 Å². The number of amides is 2. The third kappa shape index (κ3) is 4.67. The lowest BCUT2D eigenvalue weighted by molar-refractivity contribution is -0.137. The van der Waals surface area contributed by atoms with E-state index in [1.54, 1.807) is 31.3 Å². The molecule has 27 heavy (non-hydrogen) atoms. The zero-order valence-corrected chi connectivity index (χ0v) is 14.6. The molecule has 0 spiro atoms. The molecule has 2 N–H and O–H groups in total. The van der Waals surface area contributed by atoms with Crippen molar-refractivity contribution in [3.63, 3.8) is 0 Å². The Bertz CT molecular complexity index is 830. The van der Waals surface area contributed by atoms with Crippen LogP contribution in [0.4, 0.5) is 18.9 Å². The highest BCUT2D eigenvalue weighted by molar-refractivity contribution is 5.95. The van der Waals surface area contributed by atoms with Crippen LogP contribution in [0.3, 0.4) is 0 Å². The van der Waals surface area contributed by atoms with E-state index in [4.69, 9.17) is 0 Å². The fraction of sp³-hybridized carbons (Fsp3) is 0.300. The van der Waals surface area contributed by atoms with Crippen LogP contribution in [0.15, 0.2) is 48.5 Å². The van der Waals surface area contributed by atoms with E-state index in [9.17, 15) is 22.8 Å². The normalized spacial score (nSPS) is 18.7. The Balaban J connectivity index is 1.56. The van der Waals surface area contributed by atoms with Crippen molar-refractivity contribution in [3.05, 3.63) is 65.2 Å². The van der Waals surface area contributed by atoms with Crippen LogP contribution in [0.25, 0.3) is 0 Å². The lowest BCUT2D eigenvalue weighted by Gasteiger charge is -2.08. The third-order valence-corrected chi connectivity index (χ3v) is 4.66. The molecule has 2 aromatic carbocycles. The maximum absolute atomic E-state index is 12.6. The van der Waals surface area contributed by atoms with Crippen molar-refractivity contribution in [2.75, 3.05) is 12.4 Å². The SMILES string of the molecule is CNC(=O)Cc1ccc(NC(=O)C2CC2c2ccc(C(F)(F)F)cc2)cc1. The van der Waals surface area contributed by atoms with E-state index in [0.29, 0.717) is 12.1 Å². The number of likely N-dealkylation sites (N-methyl/N-ethyl adjacent to an activating group) is 1. The number of hydrogen-bond donors (Lipinski definition) is 2. The van der Waals surface area contributed by atoms with Gasteiger partial charge < -0.3 is 10.6 Å². The quantitative estimate of drug-likeness (QED) is 0.835. The molecule has 4 nitrogen and oxygen atoms in total. The molecule has 2 amide bonds. The highest BCUT2D eigenvalue weighted by Gasteiger charge is 2.44. The molecule has 0 bridgehead atoms. The molecule has 3 rings (SSSR count). The van der Waals surface area contributed by atoms with Crippen molar-refractivity contribution in [3.8, 4) is 0 Å². The number of anilines is 1. The fourth-order valence-corrected chi connectivity index (χ4v) is 2.99. The minimum absolute atomic E-state index is 0.0557. The molecular formula is C20H19F3N2O2. The average molecular weight is 376 g/mol. The second kappa shape index (κ2) is 7.42. The van der Waals surface area contributed by atoms with E-state index in [-0.39, 0.29) is 30.1 Å². The molecule has 1 saturated carbocycles. The second-order valence-electron chi connectivity index (χ2n) is 6.60. The summed E-state index contributed by atoms with van der Waals surface area (Å²) in [7, 11) is 1.57. The second-order valence-corrected chi connectivity index (χ2v) is 6.60. The van der Waals surface area contributed by atoms with Gasteiger partial charge in [0.15, 0.2) is 0 Å². The molecule has 1 fully saturated rings. The third-order valence-electron chi connectivity index (χ3n) is 4.66. The van der Waals surface area contributed by atoms with E-state index >= 15 is 0 Å². The Kier molecular flexibility index (Phi) is 5.21. The summed E-state index contributed by atoms with van der Waals surface area (Å²) in [4.78, 5) is 23.7. The summed E-state index contributed by atoms with van der Waals surface area (Å²) in [5.74, 6) is -0.546. The van der Waals surface area contributed by atoms with E-state index in [1.165, 1.54) is 12.1 Å². The first-order chi connectivity index (χ1) is 12.8. The topological polar surface area (TPSA) is 58.2 Å². The highest BCUT2D eigenvalue weighted by Crippen LogP contribution is 2.48. The van der Waals surface area contributed by atoms with Gasteiger partial charge in [-0.05, 0) is 47.7 Å². The lowest BCUT2D eigenvalue weighted by Crippen LogP contribution is -2.20. The summed E-state index contributed by atoms with van der Waals surface area (Å²) < 4.78 is 37.8. The molecule has 7 heteroatoms. The van der Waals surface area contributed by atoms with Crippen LogP contribution in [0.2, 0.25) is 0 Å². The molecule has 1 aliphatic carbocycles. The van der Waals surface area contributed by atoms with E-state index in [2.05, 4.69) is 10.6 Å². The number of carbonyl (C=O) groups is 2. The van der Waals surface area contributed by atoms with Crippen molar-refractivity contribution < 1.29 is 22.8 Å². The summed E-state index contributed by atoms with van der Waals surface area (Å²) >= 11 is 0. The maximum atomic E-state index is 12.6. The molecule has 0 aliphatic heterocycles. The first-order valence-electron chi connectivity index (χ1n) is 8.55. The molecule has 1 aliphatic rings. The summed E-state index contributed by atoms with van der Waals surface area (Å²) in [6.07, 6.45) is -3.47. The van der Waals surface area contributed by atoms with E-state index in [0.717, 1.165) is 23.3 Å². The zero-order valence-electron chi connectivity index (χ0n) is 14.6. The van der Waals surface area contributed by atoms with Crippen LogP contribution in [0.5, 0.6) is 0 Å². The van der Waals surface area contributed by atoms with Crippen LogP contribution >= 0.6 is 0 Å².